The van der Waals surface area contributed by atoms with Crippen LogP contribution in [-0.4, -0.2) is 70.2 Å². The number of hydrogen-bond acceptors (Lipinski definition) is 4. The molecule has 21 heavy (non-hydrogen) atoms. The molecule has 0 bridgehead atoms. The van der Waals surface area contributed by atoms with E-state index in [1.54, 1.807) is 0 Å². The van der Waals surface area contributed by atoms with E-state index in [9.17, 15) is 4.79 Å². The zero-order chi connectivity index (χ0) is 14.8. The second kappa shape index (κ2) is 6.15. The smallest absolute Gasteiger partial charge is 0.307 e. The van der Waals surface area contributed by atoms with Crippen LogP contribution in [-0.2, 0) is 24.2 Å². The van der Waals surface area contributed by atoms with Crippen molar-refractivity contribution in [3.05, 3.63) is 17.7 Å². The highest BCUT2D eigenvalue weighted by molar-refractivity contribution is 5.70. The van der Waals surface area contributed by atoms with Crippen LogP contribution in [0.15, 0.2) is 6.20 Å². The van der Waals surface area contributed by atoms with E-state index in [0.29, 0.717) is 6.42 Å². The second-order valence-electron chi connectivity index (χ2n) is 6.26. The summed E-state index contributed by atoms with van der Waals surface area (Å²) >= 11 is 0. The number of likely N-dealkylation sites (N-methyl/N-ethyl adjacent to an activating group) is 1. The van der Waals surface area contributed by atoms with Crippen molar-refractivity contribution in [3.8, 4) is 0 Å². The molecule has 0 aromatic carbocycles. The van der Waals surface area contributed by atoms with E-state index in [0.717, 1.165) is 63.6 Å². The average Bonchev–Trinajstić information content (AvgIpc) is 2.88. The number of carboxylic acids is 1. The minimum Gasteiger partial charge on any atom is -0.481 e. The Labute approximate surface area is 125 Å². The lowest BCUT2D eigenvalue weighted by Gasteiger charge is -2.32. The molecule has 1 N–H and O–H groups in total. The molecule has 116 valence electrons. The third kappa shape index (κ3) is 3.44. The van der Waals surface area contributed by atoms with Gasteiger partial charge in [-0.15, -0.1) is 0 Å². The molecule has 6 nitrogen and oxygen atoms in total. The SMILES string of the molecule is CN1CCN(CCc2cn3c(n2)CC(C(=O)O)CC3)CC1. The molecule has 3 rings (SSSR count). The van der Waals surface area contributed by atoms with Gasteiger partial charge in [-0.2, -0.15) is 0 Å². The summed E-state index contributed by atoms with van der Waals surface area (Å²) in [6.07, 6.45) is 4.37. The molecule has 0 radical (unpaired) electrons. The Balaban J connectivity index is 1.55. The first-order chi connectivity index (χ1) is 10.1. The molecule has 6 heteroatoms. The normalized spacial score (nSPS) is 24.0. The van der Waals surface area contributed by atoms with Crippen LogP contribution in [0.3, 0.4) is 0 Å². The van der Waals surface area contributed by atoms with Gasteiger partial charge in [-0.05, 0) is 13.5 Å². The summed E-state index contributed by atoms with van der Waals surface area (Å²) in [6.45, 7) is 6.37. The molecule has 1 aromatic rings. The zero-order valence-corrected chi connectivity index (χ0v) is 12.7. The van der Waals surface area contributed by atoms with E-state index < -0.39 is 5.97 Å². The van der Waals surface area contributed by atoms with E-state index in [4.69, 9.17) is 5.11 Å². The summed E-state index contributed by atoms with van der Waals surface area (Å²) in [4.78, 5) is 20.6. The number of aliphatic carboxylic acids is 1. The maximum absolute atomic E-state index is 11.1. The molecule has 2 aliphatic heterocycles. The first kappa shape index (κ1) is 14.5. The Morgan fingerprint density at radius 2 is 2.10 bits per heavy atom. The van der Waals surface area contributed by atoms with E-state index in [1.165, 1.54) is 0 Å². The van der Waals surface area contributed by atoms with Gasteiger partial charge in [0, 0.05) is 58.3 Å². The fourth-order valence-corrected chi connectivity index (χ4v) is 3.16. The summed E-state index contributed by atoms with van der Waals surface area (Å²) in [6, 6.07) is 0. The standard InChI is InChI=1S/C15H24N4O2/c1-17-6-8-18(9-7-17)4-3-13-11-19-5-2-12(15(20)21)10-14(19)16-13/h11-12H,2-10H2,1H3,(H,20,21). The number of nitrogens with zero attached hydrogens (tertiary/aromatic N) is 4. The summed E-state index contributed by atoms with van der Waals surface area (Å²) in [5.41, 5.74) is 1.11. The first-order valence-corrected chi connectivity index (χ1v) is 7.80. The molecular formula is C15H24N4O2. The summed E-state index contributed by atoms with van der Waals surface area (Å²) in [7, 11) is 2.17. The van der Waals surface area contributed by atoms with Gasteiger partial charge in [-0.25, -0.2) is 4.98 Å². The van der Waals surface area contributed by atoms with Gasteiger partial charge in [0.15, 0.2) is 0 Å². The van der Waals surface area contributed by atoms with Crippen LogP contribution < -0.4 is 0 Å². The largest absolute Gasteiger partial charge is 0.481 e. The third-order valence-electron chi connectivity index (χ3n) is 4.69. The van der Waals surface area contributed by atoms with Crippen molar-refractivity contribution in [2.75, 3.05) is 39.8 Å². The fraction of sp³-hybridized carbons (Fsp3) is 0.733. The van der Waals surface area contributed by atoms with E-state index in [1.807, 2.05) is 0 Å². The number of imidazole rings is 1. The van der Waals surface area contributed by atoms with Crippen LogP contribution in [0, 0.1) is 5.92 Å². The maximum atomic E-state index is 11.1. The molecule has 1 aromatic heterocycles. The van der Waals surface area contributed by atoms with Gasteiger partial charge < -0.3 is 19.5 Å². The summed E-state index contributed by atoms with van der Waals surface area (Å²) in [5, 5.41) is 9.12. The van der Waals surface area contributed by atoms with Crippen molar-refractivity contribution >= 4 is 5.97 Å². The third-order valence-corrected chi connectivity index (χ3v) is 4.69. The average molecular weight is 292 g/mol. The van der Waals surface area contributed by atoms with Crippen LogP contribution in [0.1, 0.15) is 17.9 Å². The number of carboxylic acid groups (broad SMARTS) is 1. The quantitative estimate of drug-likeness (QED) is 0.866. The molecule has 1 saturated heterocycles. The van der Waals surface area contributed by atoms with Gasteiger partial charge in [0.1, 0.15) is 5.82 Å². The molecule has 0 aliphatic carbocycles. The van der Waals surface area contributed by atoms with Crippen LogP contribution in [0.25, 0.3) is 0 Å². The molecule has 1 atom stereocenters. The highest BCUT2D eigenvalue weighted by Crippen LogP contribution is 2.20. The van der Waals surface area contributed by atoms with Crippen molar-refractivity contribution in [2.45, 2.75) is 25.8 Å². The Hall–Kier alpha value is -1.40. The number of hydrogen-bond donors (Lipinski definition) is 1. The van der Waals surface area contributed by atoms with Crippen molar-refractivity contribution in [1.82, 2.24) is 19.4 Å². The topological polar surface area (TPSA) is 61.6 Å². The van der Waals surface area contributed by atoms with Gasteiger partial charge in [0.05, 0.1) is 11.6 Å². The molecule has 1 fully saturated rings. The predicted molar refractivity (Wildman–Crippen MR) is 79.3 cm³/mol. The number of fused-ring (bicyclic) bond motifs is 1. The van der Waals surface area contributed by atoms with Gasteiger partial charge >= 0.3 is 5.97 Å². The van der Waals surface area contributed by atoms with Gasteiger partial charge in [0.25, 0.3) is 0 Å². The number of aromatic nitrogens is 2. The Kier molecular flexibility index (Phi) is 4.26. The van der Waals surface area contributed by atoms with Crippen molar-refractivity contribution < 1.29 is 9.90 Å². The molecule has 3 heterocycles. The van der Waals surface area contributed by atoms with E-state index in [-0.39, 0.29) is 5.92 Å². The lowest BCUT2D eigenvalue weighted by molar-refractivity contribution is -0.142. The molecule has 0 spiro atoms. The Morgan fingerprint density at radius 3 is 2.81 bits per heavy atom. The maximum Gasteiger partial charge on any atom is 0.307 e. The lowest BCUT2D eigenvalue weighted by atomic mass is 9.98. The van der Waals surface area contributed by atoms with Crippen LogP contribution in [0.5, 0.6) is 0 Å². The zero-order valence-electron chi connectivity index (χ0n) is 12.7. The summed E-state index contributed by atoms with van der Waals surface area (Å²) < 4.78 is 2.14. The van der Waals surface area contributed by atoms with Gasteiger partial charge in [0.2, 0.25) is 0 Å². The van der Waals surface area contributed by atoms with Crippen molar-refractivity contribution in [3.63, 3.8) is 0 Å². The van der Waals surface area contributed by atoms with E-state index >= 15 is 0 Å². The molecule has 0 amide bonds. The molecule has 1 unspecified atom stereocenters. The number of aryl methyl sites for hydroxylation is 1. The highest BCUT2D eigenvalue weighted by atomic mass is 16.4. The van der Waals surface area contributed by atoms with Gasteiger partial charge in [-0.1, -0.05) is 0 Å². The first-order valence-electron chi connectivity index (χ1n) is 7.80. The minimum atomic E-state index is -0.691. The van der Waals surface area contributed by atoms with E-state index in [2.05, 4.69) is 32.6 Å². The monoisotopic (exact) mass is 292 g/mol. The molecule has 2 aliphatic rings. The van der Waals surface area contributed by atoms with Crippen LogP contribution in [0.2, 0.25) is 0 Å². The van der Waals surface area contributed by atoms with Crippen LogP contribution in [0.4, 0.5) is 0 Å². The van der Waals surface area contributed by atoms with Gasteiger partial charge in [-0.3, -0.25) is 4.79 Å². The Bertz CT molecular complexity index is 506. The lowest BCUT2D eigenvalue weighted by Crippen LogP contribution is -2.45. The van der Waals surface area contributed by atoms with Crippen molar-refractivity contribution in [2.24, 2.45) is 5.92 Å². The number of rotatable bonds is 4. The van der Waals surface area contributed by atoms with Crippen LogP contribution >= 0.6 is 0 Å². The summed E-state index contributed by atoms with van der Waals surface area (Å²) in [5.74, 6) is -0.00403. The number of carbonyl (C=O) groups is 1. The molecular weight excluding hydrogens is 268 g/mol. The highest BCUT2D eigenvalue weighted by Gasteiger charge is 2.25. The predicted octanol–water partition coefficient (Wildman–Crippen LogP) is 0.320. The minimum absolute atomic E-state index is 0.259. The molecule has 0 saturated carbocycles. The number of piperazine rings is 1. The van der Waals surface area contributed by atoms with Crippen molar-refractivity contribution in [1.29, 1.82) is 0 Å². The second-order valence-corrected chi connectivity index (χ2v) is 6.26. The fourth-order valence-electron chi connectivity index (χ4n) is 3.16. The Morgan fingerprint density at radius 1 is 1.33 bits per heavy atom.